The molecule has 1 aromatic carbocycles. The Morgan fingerprint density at radius 1 is 1.38 bits per heavy atom. The summed E-state index contributed by atoms with van der Waals surface area (Å²) in [6.07, 6.45) is 3.44. The summed E-state index contributed by atoms with van der Waals surface area (Å²) in [5, 5.41) is 0. The van der Waals surface area contributed by atoms with Gasteiger partial charge in [0.05, 0.1) is 11.6 Å². The van der Waals surface area contributed by atoms with E-state index < -0.39 is 0 Å². The van der Waals surface area contributed by atoms with Crippen molar-refractivity contribution in [3.8, 4) is 0 Å². The molecule has 2 N–H and O–H groups in total. The Morgan fingerprint density at radius 2 is 2.19 bits per heavy atom. The SMILES string of the molecule is Cc1cccc(C(N)C2(C)CCCCO2)c1. The number of hydrogen-bond donors (Lipinski definition) is 1. The average Bonchev–Trinajstić information content (AvgIpc) is 2.29. The van der Waals surface area contributed by atoms with E-state index in [9.17, 15) is 0 Å². The summed E-state index contributed by atoms with van der Waals surface area (Å²) >= 11 is 0. The van der Waals surface area contributed by atoms with Gasteiger partial charge in [-0.1, -0.05) is 29.8 Å². The highest BCUT2D eigenvalue weighted by molar-refractivity contribution is 5.27. The molecule has 1 fully saturated rings. The molecule has 2 nitrogen and oxygen atoms in total. The van der Waals surface area contributed by atoms with Gasteiger partial charge < -0.3 is 10.5 Å². The van der Waals surface area contributed by atoms with Crippen molar-refractivity contribution in [2.24, 2.45) is 5.73 Å². The minimum absolute atomic E-state index is 0.0206. The largest absolute Gasteiger partial charge is 0.373 e. The third-order valence-electron chi connectivity index (χ3n) is 3.56. The Labute approximate surface area is 97.8 Å². The van der Waals surface area contributed by atoms with Gasteiger partial charge in [0.15, 0.2) is 0 Å². The minimum atomic E-state index is -0.188. The molecule has 2 unspecified atom stereocenters. The Hall–Kier alpha value is -0.860. The maximum absolute atomic E-state index is 6.35. The molecule has 0 spiro atoms. The molecule has 1 aliphatic rings. The van der Waals surface area contributed by atoms with Crippen molar-refractivity contribution < 1.29 is 4.74 Å². The van der Waals surface area contributed by atoms with E-state index >= 15 is 0 Å². The van der Waals surface area contributed by atoms with Crippen LogP contribution in [-0.4, -0.2) is 12.2 Å². The van der Waals surface area contributed by atoms with Crippen LogP contribution in [0.4, 0.5) is 0 Å². The van der Waals surface area contributed by atoms with Gasteiger partial charge in [-0.05, 0) is 38.7 Å². The van der Waals surface area contributed by atoms with Gasteiger partial charge in [-0.3, -0.25) is 0 Å². The van der Waals surface area contributed by atoms with Crippen molar-refractivity contribution in [2.75, 3.05) is 6.61 Å². The summed E-state index contributed by atoms with van der Waals surface area (Å²) in [5.41, 5.74) is 8.60. The topological polar surface area (TPSA) is 35.2 Å². The van der Waals surface area contributed by atoms with Gasteiger partial charge in [0.25, 0.3) is 0 Å². The van der Waals surface area contributed by atoms with E-state index in [-0.39, 0.29) is 11.6 Å². The molecule has 0 aliphatic carbocycles. The Kier molecular flexibility index (Phi) is 3.31. The molecule has 0 saturated carbocycles. The molecule has 2 atom stereocenters. The first kappa shape index (κ1) is 11.6. The van der Waals surface area contributed by atoms with E-state index in [1.54, 1.807) is 0 Å². The maximum Gasteiger partial charge on any atom is 0.0846 e. The second-order valence-electron chi connectivity index (χ2n) is 5.01. The predicted octanol–water partition coefficient (Wildman–Crippen LogP) is 2.95. The molecule has 2 heteroatoms. The molecule has 0 radical (unpaired) electrons. The monoisotopic (exact) mass is 219 g/mol. The van der Waals surface area contributed by atoms with E-state index in [0.717, 1.165) is 19.4 Å². The Bertz CT molecular complexity index is 356. The van der Waals surface area contributed by atoms with E-state index in [4.69, 9.17) is 10.5 Å². The molecular formula is C14H21NO. The van der Waals surface area contributed by atoms with Gasteiger partial charge in [0.1, 0.15) is 0 Å². The third-order valence-corrected chi connectivity index (χ3v) is 3.56. The maximum atomic E-state index is 6.35. The Morgan fingerprint density at radius 3 is 2.81 bits per heavy atom. The van der Waals surface area contributed by atoms with Crippen LogP contribution in [0, 0.1) is 6.92 Å². The van der Waals surface area contributed by atoms with Crippen LogP contribution >= 0.6 is 0 Å². The summed E-state index contributed by atoms with van der Waals surface area (Å²) < 4.78 is 5.90. The summed E-state index contributed by atoms with van der Waals surface area (Å²) in [4.78, 5) is 0. The number of rotatable bonds is 2. The smallest absolute Gasteiger partial charge is 0.0846 e. The number of benzene rings is 1. The molecule has 0 amide bonds. The number of aryl methyl sites for hydroxylation is 1. The molecule has 2 rings (SSSR count). The van der Waals surface area contributed by atoms with Crippen LogP contribution in [0.1, 0.15) is 43.4 Å². The van der Waals surface area contributed by atoms with E-state index in [1.807, 2.05) is 0 Å². The molecule has 0 aromatic heterocycles. The van der Waals surface area contributed by atoms with Crippen LogP contribution in [0.25, 0.3) is 0 Å². The zero-order valence-corrected chi connectivity index (χ0v) is 10.2. The molecule has 88 valence electrons. The molecule has 1 aliphatic heterocycles. The zero-order valence-electron chi connectivity index (χ0n) is 10.2. The lowest BCUT2D eigenvalue weighted by atomic mass is 9.84. The highest BCUT2D eigenvalue weighted by Gasteiger charge is 2.35. The van der Waals surface area contributed by atoms with E-state index in [0.29, 0.717) is 0 Å². The van der Waals surface area contributed by atoms with Gasteiger partial charge in [0.2, 0.25) is 0 Å². The molecule has 0 bridgehead atoms. The summed E-state index contributed by atoms with van der Waals surface area (Å²) in [7, 11) is 0. The normalized spacial score (nSPS) is 27.7. The highest BCUT2D eigenvalue weighted by Crippen LogP contribution is 2.34. The molecule has 1 saturated heterocycles. The first-order valence-corrected chi connectivity index (χ1v) is 6.08. The van der Waals surface area contributed by atoms with E-state index in [2.05, 4.69) is 38.1 Å². The van der Waals surface area contributed by atoms with Crippen LogP contribution < -0.4 is 5.73 Å². The van der Waals surface area contributed by atoms with Crippen molar-refractivity contribution in [2.45, 2.75) is 44.8 Å². The lowest BCUT2D eigenvalue weighted by Crippen LogP contribution is -2.43. The molecule has 16 heavy (non-hydrogen) atoms. The minimum Gasteiger partial charge on any atom is -0.373 e. The lowest BCUT2D eigenvalue weighted by Gasteiger charge is -2.39. The van der Waals surface area contributed by atoms with Crippen molar-refractivity contribution >= 4 is 0 Å². The molecular weight excluding hydrogens is 198 g/mol. The third kappa shape index (κ3) is 2.28. The molecule has 1 aromatic rings. The lowest BCUT2D eigenvalue weighted by molar-refractivity contribution is -0.0820. The summed E-state index contributed by atoms with van der Waals surface area (Å²) in [5.74, 6) is 0. The predicted molar refractivity (Wildman–Crippen MR) is 66.3 cm³/mol. The van der Waals surface area contributed by atoms with Gasteiger partial charge in [-0.15, -0.1) is 0 Å². The first-order chi connectivity index (χ1) is 7.62. The fourth-order valence-corrected chi connectivity index (χ4v) is 2.42. The van der Waals surface area contributed by atoms with Gasteiger partial charge in [-0.2, -0.15) is 0 Å². The average molecular weight is 219 g/mol. The number of nitrogens with two attached hydrogens (primary N) is 1. The van der Waals surface area contributed by atoms with Crippen LogP contribution in [0.2, 0.25) is 0 Å². The number of hydrogen-bond acceptors (Lipinski definition) is 2. The van der Waals surface area contributed by atoms with Gasteiger partial charge in [-0.25, -0.2) is 0 Å². The van der Waals surface area contributed by atoms with Crippen molar-refractivity contribution in [1.82, 2.24) is 0 Å². The van der Waals surface area contributed by atoms with Crippen LogP contribution in [0.15, 0.2) is 24.3 Å². The van der Waals surface area contributed by atoms with Crippen LogP contribution in [0.3, 0.4) is 0 Å². The second-order valence-corrected chi connectivity index (χ2v) is 5.01. The fourth-order valence-electron chi connectivity index (χ4n) is 2.42. The quantitative estimate of drug-likeness (QED) is 0.830. The summed E-state index contributed by atoms with van der Waals surface area (Å²) in [6.45, 7) is 5.08. The van der Waals surface area contributed by atoms with Gasteiger partial charge in [0, 0.05) is 6.61 Å². The number of ether oxygens (including phenoxy) is 1. The molecule has 1 heterocycles. The fraction of sp³-hybridized carbons (Fsp3) is 0.571. The first-order valence-electron chi connectivity index (χ1n) is 6.08. The highest BCUT2D eigenvalue weighted by atomic mass is 16.5. The second kappa shape index (κ2) is 4.56. The standard InChI is InChI=1S/C14H21NO/c1-11-6-5-7-12(10-11)13(15)14(2)8-3-4-9-16-14/h5-7,10,13H,3-4,8-9,15H2,1-2H3. The Balaban J connectivity index is 2.20. The van der Waals surface area contributed by atoms with E-state index in [1.165, 1.54) is 17.5 Å². The summed E-state index contributed by atoms with van der Waals surface area (Å²) in [6, 6.07) is 8.40. The van der Waals surface area contributed by atoms with Crippen molar-refractivity contribution in [3.05, 3.63) is 35.4 Å². The van der Waals surface area contributed by atoms with Crippen LogP contribution in [-0.2, 0) is 4.74 Å². The van der Waals surface area contributed by atoms with Crippen molar-refractivity contribution in [1.29, 1.82) is 0 Å². The van der Waals surface area contributed by atoms with Gasteiger partial charge >= 0.3 is 0 Å². The van der Waals surface area contributed by atoms with Crippen LogP contribution in [0.5, 0.6) is 0 Å². The zero-order chi connectivity index (χ0) is 11.6. The van der Waals surface area contributed by atoms with Crippen molar-refractivity contribution in [3.63, 3.8) is 0 Å².